The third-order valence-electron chi connectivity index (χ3n) is 7.51. The Bertz CT molecular complexity index is 1440. The van der Waals surface area contributed by atoms with Crippen molar-refractivity contribution in [3.8, 4) is 0 Å². The van der Waals surface area contributed by atoms with E-state index in [1.165, 1.54) is 30.7 Å². The minimum absolute atomic E-state index is 0.00370. The zero-order valence-electron chi connectivity index (χ0n) is 19.3. The Labute approximate surface area is 216 Å². The number of fused-ring (bicyclic) bond motifs is 2. The Balaban J connectivity index is 1.39. The van der Waals surface area contributed by atoms with Crippen LogP contribution in [0.4, 0.5) is 14.5 Å². The number of hydrogen-bond acceptors (Lipinski definition) is 7. The number of nitrogens with one attached hydrogen (secondary N) is 1. The zero-order valence-corrected chi connectivity index (χ0v) is 20.8. The number of sulfone groups is 1. The van der Waals surface area contributed by atoms with Gasteiger partial charge >= 0.3 is 0 Å². The number of nitrogens with zero attached hydrogens (tertiary/aromatic N) is 1. The van der Waals surface area contributed by atoms with Crippen LogP contribution in [0.15, 0.2) is 58.2 Å². The average Bonchev–Trinajstić information content (AvgIpc) is 3.43. The van der Waals surface area contributed by atoms with Gasteiger partial charge in [0.15, 0.2) is 27.6 Å². The maximum Gasteiger partial charge on any atom is 0.255 e. The number of carbonyl (C=O) groups is 1. The molecule has 3 atom stereocenters. The molecule has 196 valence electrons. The van der Waals surface area contributed by atoms with Gasteiger partial charge in [0.2, 0.25) is 5.89 Å². The molecule has 12 heteroatoms. The van der Waals surface area contributed by atoms with Gasteiger partial charge in [0.25, 0.3) is 5.91 Å². The maximum atomic E-state index is 13.7. The third-order valence-corrected chi connectivity index (χ3v) is 10.2. The smallest absolute Gasteiger partial charge is 0.255 e. The summed E-state index contributed by atoms with van der Waals surface area (Å²) < 4.78 is 59.2. The van der Waals surface area contributed by atoms with E-state index in [1.807, 2.05) is 0 Å². The number of aromatic nitrogens is 1. The van der Waals surface area contributed by atoms with Gasteiger partial charge in [-0.15, -0.1) is 0 Å². The number of oxazole rings is 1. The molecule has 2 saturated carbocycles. The molecule has 5 rings (SSSR count). The van der Waals surface area contributed by atoms with Gasteiger partial charge in [0.1, 0.15) is 11.9 Å². The van der Waals surface area contributed by atoms with Crippen molar-refractivity contribution in [1.29, 1.82) is 0 Å². The van der Waals surface area contributed by atoms with E-state index in [9.17, 15) is 32.2 Å². The summed E-state index contributed by atoms with van der Waals surface area (Å²) in [6, 6.07) is 6.61. The van der Waals surface area contributed by atoms with Gasteiger partial charge in [-0.05, 0) is 67.9 Å². The zero-order chi connectivity index (χ0) is 26.5. The van der Waals surface area contributed by atoms with Crippen molar-refractivity contribution in [3.05, 3.63) is 77.0 Å². The Morgan fingerprint density at radius 2 is 1.84 bits per heavy atom. The summed E-state index contributed by atoms with van der Waals surface area (Å²) >= 11 is 6.25. The van der Waals surface area contributed by atoms with Crippen molar-refractivity contribution >= 4 is 33.0 Å². The van der Waals surface area contributed by atoms with Gasteiger partial charge in [0.05, 0.1) is 21.4 Å². The number of rotatable bonds is 6. The van der Waals surface area contributed by atoms with E-state index in [0.29, 0.717) is 12.8 Å². The Kier molecular flexibility index (Phi) is 6.59. The lowest BCUT2D eigenvalue weighted by atomic mass is 9.71. The van der Waals surface area contributed by atoms with Crippen LogP contribution in [0.25, 0.3) is 0 Å². The predicted molar refractivity (Wildman–Crippen MR) is 129 cm³/mol. The standard InChI is InChI=1S/C25H23ClF2N2O6S/c26-18-5-1-13(23(32)30-16-4-6-19(27)20(28)12-16)9-21(18)37(34,35)17-10-14-2-3-15(11-17)25(14,33)22(31)24-29-7-8-36-24/h1,4-9,12,14-15,17,22,31,33H,2-3,10-11H2,(H,30,32). The summed E-state index contributed by atoms with van der Waals surface area (Å²) in [6.45, 7) is 0. The molecule has 2 fully saturated rings. The first-order valence-corrected chi connectivity index (χ1v) is 13.5. The highest BCUT2D eigenvalue weighted by Gasteiger charge is 2.60. The molecule has 2 aliphatic carbocycles. The van der Waals surface area contributed by atoms with Crippen LogP contribution >= 0.6 is 11.6 Å². The second-order valence-electron chi connectivity index (χ2n) is 9.50. The number of amides is 1. The van der Waals surface area contributed by atoms with Crippen LogP contribution in [-0.4, -0.2) is 40.4 Å². The van der Waals surface area contributed by atoms with E-state index in [4.69, 9.17) is 16.0 Å². The largest absolute Gasteiger partial charge is 0.446 e. The first kappa shape index (κ1) is 25.8. The minimum atomic E-state index is -4.04. The number of carbonyl (C=O) groups excluding carboxylic acids is 1. The molecule has 1 heterocycles. The molecule has 1 aromatic heterocycles. The quantitative estimate of drug-likeness (QED) is 0.416. The molecule has 2 bridgehead atoms. The summed E-state index contributed by atoms with van der Waals surface area (Å²) in [5, 5.41) is 23.7. The van der Waals surface area contributed by atoms with E-state index < -0.39 is 56.2 Å². The Morgan fingerprint density at radius 3 is 2.46 bits per heavy atom. The van der Waals surface area contributed by atoms with Gasteiger partial charge < -0.3 is 19.9 Å². The first-order chi connectivity index (χ1) is 17.5. The van der Waals surface area contributed by atoms with Crippen LogP contribution < -0.4 is 5.32 Å². The molecule has 2 aromatic carbocycles. The normalized spacial score (nSPS) is 26.1. The van der Waals surface area contributed by atoms with Crippen molar-refractivity contribution in [1.82, 2.24) is 4.98 Å². The number of aliphatic hydroxyl groups is 2. The average molecular weight is 553 g/mol. The lowest BCUT2D eigenvalue weighted by Crippen LogP contribution is -2.52. The van der Waals surface area contributed by atoms with Gasteiger partial charge in [-0.25, -0.2) is 22.2 Å². The molecule has 0 saturated heterocycles. The molecule has 8 nitrogen and oxygen atoms in total. The Morgan fingerprint density at radius 1 is 1.14 bits per heavy atom. The minimum Gasteiger partial charge on any atom is -0.446 e. The molecule has 1 amide bonds. The summed E-state index contributed by atoms with van der Waals surface area (Å²) in [4.78, 5) is 16.4. The van der Waals surface area contributed by atoms with Gasteiger partial charge in [-0.3, -0.25) is 4.79 Å². The fourth-order valence-electron chi connectivity index (χ4n) is 5.63. The highest BCUT2D eigenvalue weighted by Crippen LogP contribution is 2.56. The second-order valence-corrected chi connectivity index (χ2v) is 12.1. The summed E-state index contributed by atoms with van der Waals surface area (Å²) in [5.74, 6) is -4.01. The predicted octanol–water partition coefficient (Wildman–Crippen LogP) is 4.29. The van der Waals surface area contributed by atoms with E-state index in [1.54, 1.807) is 0 Å². The maximum absolute atomic E-state index is 13.7. The molecule has 0 spiro atoms. The van der Waals surface area contributed by atoms with E-state index in [-0.39, 0.29) is 39.9 Å². The number of aliphatic hydroxyl groups excluding tert-OH is 1. The second kappa shape index (κ2) is 9.46. The van der Waals surface area contributed by atoms with Crippen molar-refractivity contribution in [2.45, 2.75) is 47.5 Å². The fraction of sp³-hybridized carbons (Fsp3) is 0.360. The summed E-state index contributed by atoms with van der Waals surface area (Å²) in [5.41, 5.74) is -1.62. The molecule has 0 aliphatic heterocycles. The van der Waals surface area contributed by atoms with E-state index >= 15 is 0 Å². The van der Waals surface area contributed by atoms with Crippen LogP contribution in [0.3, 0.4) is 0 Å². The van der Waals surface area contributed by atoms with Crippen molar-refractivity contribution in [2.24, 2.45) is 11.8 Å². The van der Waals surface area contributed by atoms with Crippen molar-refractivity contribution < 1.29 is 36.6 Å². The monoisotopic (exact) mass is 552 g/mol. The Hall–Kier alpha value is -2.86. The van der Waals surface area contributed by atoms with Gasteiger partial charge in [0, 0.05) is 17.3 Å². The molecule has 3 unspecified atom stereocenters. The van der Waals surface area contributed by atoms with Gasteiger partial charge in [-0.2, -0.15) is 0 Å². The highest BCUT2D eigenvalue weighted by molar-refractivity contribution is 7.92. The van der Waals surface area contributed by atoms with E-state index in [2.05, 4.69) is 10.3 Å². The summed E-state index contributed by atoms with van der Waals surface area (Å²) in [7, 11) is -4.04. The number of hydrogen-bond donors (Lipinski definition) is 3. The molecule has 2 aliphatic rings. The number of anilines is 1. The van der Waals surface area contributed by atoms with Gasteiger partial charge in [-0.1, -0.05) is 11.6 Å². The van der Waals surface area contributed by atoms with Crippen LogP contribution in [0.5, 0.6) is 0 Å². The van der Waals surface area contributed by atoms with Crippen LogP contribution in [-0.2, 0) is 9.84 Å². The number of benzene rings is 2. The SMILES string of the molecule is O=C(Nc1ccc(F)c(F)c1)c1ccc(Cl)c(S(=O)(=O)C2CC3CCC(C2)C3(O)C(O)c2ncco2)c1. The molecule has 3 N–H and O–H groups in total. The third kappa shape index (κ3) is 4.43. The fourth-order valence-corrected chi connectivity index (χ4v) is 8.03. The number of halogens is 3. The molecular formula is C25H23ClF2N2O6S. The van der Waals surface area contributed by atoms with Crippen LogP contribution in [0, 0.1) is 23.5 Å². The molecule has 37 heavy (non-hydrogen) atoms. The van der Waals surface area contributed by atoms with Crippen LogP contribution in [0.1, 0.15) is 48.0 Å². The van der Waals surface area contributed by atoms with Crippen LogP contribution in [0.2, 0.25) is 5.02 Å². The van der Waals surface area contributed by atoms with Crippen molar-refractivity contribution in [2.75, 3.05) is 5.32 Å². The highest BCUT2D eigenvalue weighted by atomic mass is 35.5. The van der Waals surface area contributed by atoms with Crippen molar-refractivity contribution in [3.63, 3.8) is 0 Å². The summed E-state index contributed by atoms with van der Waals surface area (Å²) in [6.07, 6.45) is 2.46. The van der Waals surface area contributed by atoms with E-state index in [0.717, 1.165) is 18.2 Å². The molecule has 0 radical (unpaired) electrons. The molecular weight excluding hydrogens is 530 g/mol. The lowest BCUT2D eigenvalue weighted by Gasteiger charge is -2.44. The molecule has 3 aromatic rings. The first-order valence-electron chi connectivity index (χ1n) is 11.6. The topological polar surface area (TPSA) is 130 Å². The lowest BCUT2D eigenvalue weighted by molar-refractivity contribution is -0.152.